The summed E-state index contributed by atoms with van der Waals surface area (Å²) < 4.78 is 0. The number of piperidine rings is 1. The average molecular weight is 534 g/mol. The summed E-state index contributed by atoms with van der Waals surface area (Å²) in [7, 11) is 0. The van der Waals surface area contributed by atoms with Crippen LogP contribution in [0.3, 0.4) is 0 Å². The molecule has 0 unspecified atom stereocenters. The minimum atomic E-state index is -0.807. The third-order valence-corrected chi connectivity index (χ3v) is 7.56. The number of non-ortho nitro benzene ring substituents is 1. The molecule has 206 valence electrons. The molecule has 2 aliphatic rings. The lowest BCUT2D eigenvalue weighted by molar-refractivity contribution is -0.384. The first-order valence-corrected chi connectivity index (χ1v) is 13.1. The zero-order valence-electron chi connectivity index (χ0n) is 22.3. The molecular formula is C29H35N5O5. The predicted molar refractivity (Wildman–Crippen MR) is 147 cm³/mol. The van der Waals surface area contributed by atoms with Gasteiger partial charge in [0.2, 0.25) is 12.3 Å². The molecule has 2 aromatic carbocycles. The molecule has 2 aromatic rings. The van der Waals surface area contributed by atoms with Gasteiger partial charge in [-0.15, -0.1) is 0 Å². The minimum absolute atomic E-state index is 0.0375. The van der Waals surface area contributed by atoms with Gasteiger partial charge in [0.15, 0.2) is 0 Å². The fourth-order valence-corrected chi connectivity index (χ4v) is 5.40. The van der Waals surface area contributed by atoms with Crippen LogP contribution in [0.4, 0.5) is 5.69 Å². The van der Waals surface area contributed by atoms with Crippen LogP contribution in [0.25, 0.3) is 0 Å². The van der Waals surface area contributed by atoms with Crippen molar-refractivity contribution in [2.24, 2.45) is 0 Å². The molecule has 1 saturated heterocycles. The maximum absolute atomic E-state index is 13.0. The van der Waals surface area contributed by atoms with E-state index in [1.54, 1.807) is 12.1 Å². The van der Waals surface area contributed by atoms with Crippen LogP contribution in [0.15, 0.2) is 77.4 Å². The summed E-state index contributed by atoms with van der Waals surface area (Å²) in [4.78, 5) is 37.3. The van der Waals surface area contributed by atoms with E-state index in [2.05, 4.69) is 20.9 Å². The van der Waals surface area contributed by atoms with Gasteiger partial charge in [0.1, 0.15) is 0 Å². The Hall–Kier alpha value is -4.02. The zero-order valence-corrected chi connectivity index (χ0v) is 22.3. The second-order valence-corrected chi connectivity index (χ2v) is 10.1. The first-order chi connectivity index (χ1) is 18.7. The van der Waals surface area contributed by atoms with E-state index in [1.165, 1.54) is 12.1 Å². The number of nitro groups is 1. The summed E-state index contributed by atoms with van der Waals surface area (Å²) in [6.45, 7) is 5.93. The first-order valence-electron chi connectivity index (χ1n) is 13.1. The lowest BCUT2D eigenvalue weighted by Gasteiger charge is -2.38. The largest absolute Gasteiger partial charge is 0.385 e. The zero-order chi connectivity index (χ0) is 28.0. The normalized spacial score (nSPS) is 19.3. The summed E-state index contributed by atoms with van der Waals surface area (Å²) in [6, 6.07) is 15.9. The molecule has 2 amide bonds. The van der Waals surface area contributed by atoms with Gasteiger partial charge in [-0.3, -0.25) is 19.7 Å². The van der Waals surface area contributed by atoms with E-state index in [1.807, 2.05) is 44.2 Å². The smallest absolute Gasteiger partial charge is 0.269 e. The molecule has 2 aliphatic heterocycles. The Morgan fingerprint density at radius 2 is 1.74 bits per heavy atom. The Kier molecular flexibility index (Phi) is 8.78. The molecule has 4 rings (SSSR count). The Bertz CT molecular complexity index is 1260. The van der Waals surface area contributed by atoms with Crippen molar-refractivity contribution in [3.05, 3.63) is 98.6 Å². The highest BCUT2D eigenvalue weighted by molar-refractivity contribution is 5.78. The highest BCUT2D eigenvalue weighted by atomic mass is 16.6. The fraction of sp³-hybridized carbons (Fsp3) is 0.379. The molecule has 0 spiro atoms. The number of carbonyl (C=O) groups excluding carboxylic acids is 2. The predicted octanol–water partition coefficient (Wildman–Crippen LogP) is 3.37. The maximum atomic E-state index is 13.0. The maximum Gasteiger partial charge on any atom is 0.269 e. The molecule has 0 aliphatic carbocycles. The number of likely N-dealkylation sites (tertiary alicyclic amines) is 1. The minimum Gasteiger partial charge on any atom is -0.385 e. The molecule has 0 radical (unpaired) electrons. The first kappa shape index (κ1) is 28.0. The van der Waals surface area contributed by atoms with Crippen LogP contribution in [-0.4, -0.2) is 46.9 Å². The van der Waals surface area contributed by atoms with Gasteiger partial charge in [-0.2, -0.15) is 0 Å². The lowest BCUT2D eigenvalue weighted by atomic mass is 9.84. The molecule has 0 bridgehead atoms. The molecule has 1 atom stereocenters. The van der Waals surface area contributed by atoms with Crippen LogP contribution in [0, 0.1) is 10.1 Å². The second-order valence-electron chi connectivity index (χ2n) is 10.1. The van der Waals surface area contributed by atoms with Gasteiger partial charge in [0.25, 0.3) is 5.69 Å². The Morgan fingerprint density at radius 3 is 2.36 bits per heavy atom. The molecule has 1 fully saturated rings. The standard InChI is InChI=1S/C29H35N5O5/c1-20-27(30-19-35)26(22-10-12-24(13-11-22)34(38)39)28(21(2)31-20)32-25(36)9-6-16-33-17-14-29(37,15-18-33)23-7-4-3-5-8-23/h3-5,7-8,10-13,19,26,31,37H,6,9,14-18H2,1-2H3,(H,30,35)(H,32,36)/t26-/m0/s1. The van der Waals surface area contributed by atoms with Crippen LogP contribution in [0.1, 0.15) is 56.6 Å². The summed E-state index contributed by atoms with van der Waals surface area (Å²) in [5, 5.41) is 31.2. The van der Waals surface area contributed by atoms with Crippen molar-refractivity contribution in [2.45, 2.75) is 51.0 Å². The van der Waals surface area contributed by atoms with Gasteiger partial charge in [0.05, 0.1) is 27.8 Å². The highest BCUT2D eigenvalue weighted by Crippen LogP contribution is 2.36. The summed E-state index contributed by atoms with van der Waals surface area (Å²) in [5.74, 6) is -0.653. The van der Waals surface area contributed by atoms with E-state index < -0.39 is 16.4 Å². The van der Waals surface area contributed by atoms with Gasteiger partial charge in [-0.1, -0.05) is 42.5 Å². The van der Waals surface area contributed by atoms with E-state index in [-0.39, 0.29) is 11.6 Å². The summed E-state index contributed by atoms with van der Waals surface area (Å²) >= 11 is 0. The summed E-state index contributed by atoms with van der Waals surface area (Å²) in [5.41, 5.74) is 3.43. The quantitative estimate of drug-likeness (QED) is 0.209. The summed E-state index contributed by atoms with van der Waals surface area (Å²) in [6.07, 6.45) is 2.84. The van der Waals surface area contributed by atoms with Crippen molar-refractivity contribution in [3.63, 3.8) is 0 Å². The van der Waals surface area contributed by atoms with Gasteiger partial charge in [0, 0.05) is 43.0 Å². The number of nitrogens with one attached hydrogen (secondary N) is 3. The molecule has 4 N–H and O–H groups in total. The Balaban J connectivity index is 1.37. The number of hydrogen-bond acceptors (Lipinski definition) is 7. The monoisotopic (exact) mass is 533 g/mol. The number of carbonyl (C=O) groups is 2. The Morgan fingerprint density at radius 1 is 1.10 bits per heavy atom. The van der Waals surface area contributed by atoms with Crippen LogP contribution in [0.5, 0.6) is 0 Å². The highest BCUT2D eigenvalue weighted by Gasteiger charge is 2.34. The van der Waals surface area contributed by atoms with Crippen LogP contribution < -0.4 is 16.0 Å². The topological polar surface area (TPSA) is 137 Å². The molecule has 39 heavy (non-hydrogen) atoms. The lowest BCUT2D eigenvalue weighted by Crippen LogP contribution is -2.43. The van der Waals surface area contributed by atoms with Crippen LogP contribution in [0.2, 0.25) is 0 Å². The van der Waals surface area contributed by atoms with Gasteiger partial charge >= 0.3 is 0 Å². The molecule has 10 nitrogen and oxygen atoms in total. The molecular weight excluding hydrogens is 498 g/mol. The van der Waals surface area contributed by atoms with Crippen molar-refractivity contribution in [2.75, 3.05) is 19.6 Å². The Labute approximate surface area is 227 Å². The van der Waals surface area contributed by atoms with Crippen molar-refractivity contribution in [1.29, 1.82) is 0 Å². The number of benzene rings is 2. The fourth-order valence-electron chi connectivity index (χ4n) is 5.40. The van der Waals surface area contributed by atoms with E-state index in [0.29, 0.717) is 49.1 Å². The molecule has 2 heterocycles. The number of amides is 2. The van der Waals surface area contributed by atoms with E-state index in [0.717, 1.165) is 36.6 Å². The van der Waals surface area contributed by atoms with Crippen molar-refractivity contribution < 1.29 is 19.6 Å². The van der Waals surface area contributed by atoms with Gasteiger partial charge in [-0.25, -0.2) is 0 Å². The average Bonchev–Trinajstić information content (AvgIpc) is 2.93. The number of dihydropyridines is 1. The molecule has 0 aromatic heterocycles. The molecule has 10 heteroatoms. The number of nitrogens with zero attached hydrogens (tertiary/aromatic N) is 2. The van der Waals surface area contributed by atoms with Crippen molar-refractivity contribution in [1.82, 2.24) is 20.9 Å². The van der Waals surface area contributed by atoms with E-state index in [4.69, 9.17) is 0 Å². The SMILES string of the molecule is CC1=C(NC=O)[C@H](c2ccc([N+](=O)[O-])cc2)C(NC(=O)CCCN2CCC(O)(c3ccccc3)CC2)=C(C)N1. The van der Waals surface area contributed by atoms with E-state index in [9.17, 15) is 24.8 Å². The number of hydrogen-bond donors (Lipinski definition) is 4. The number of aliphatic hydroxyl groups is 1. The molecule has 0 saturated carbocycles. The van der Waals surface area contributed by atoms with E-state index >= 15 is 0 Å². The third kappa shape index (κ3) is 6.52. The second kappa shape index (κ2) is 12.2. The van der Waals surface area contributed by atoms with Crippen molar-refractivity contribution >= 4 is 18.0 Å². The van der Waals surface area contributed by atoms with Crippen molar-refractivity contribution in [3.8, 4) is 0 Å². The third-order valence-electron chi connectivity index (χ3n) is 7.56. The number of allylic oxidation sites excluding steroid dienone is 2. The van der Waals surface area contributed by atoms with Gasteiger partial charge in [-0.05, 0) is 50.8 Å². The van der Waals surface area contributed by atoms with Crippen LogP contribution >= 0.6 is 0 Å². The van der Waals surface area contributed by atoms with Crippen LogP contribution in [-0.2, 0) is 15.2 Å². The number of nitro benzene ring substituents is 1. The van der Waals surface area contributed by atoms with Gasteiger partial charge < -0.3 is 26.0 Å². The number of rotatable bonds is 10.